The number of imidazole rings is 1. The topological polar surface area (TPSA) is 54.7 Å². The number of hydrogen-bond acceptors (Lipinski definition) is 2. The zero-order valence-electron chi connectivity index (χ0n) is 11.6. The highest BCUT2D eigenvalue weighted by Crippen LogP contribution is 2.18. The van der Waals surface area contributed by atoms with E-state index in [0.717, 1.165) is 35.3 Å². The molecule has 2 aromatic carbocycles. The minimum absolute atomic E-state index is 0.0514. The molecule has 0 aliphatic heterocycles. The Bertz CT molecular complexity index is 699. The van der Waals surface area contributed by atoms with Crippen LogP contribution in [0.5, 0.6) is 0 Å². The molecule has 0 radical (unpaired) electrons. The van der Waals surface area contributed by atoms with Crippen molar-refractivity contribution in [2.24, 2.45) is 5.73 Å². The van der Waals surface area contributed by atoms with Crippen LogP contribution in [0.3, 0.4) is 0 Å². The fourth-order valence-corrected chi connectivity index (χ4v) is 2.39. The van der Waals surface area contributed by atoms with Crippen LogP contribution in [0.1, 0.15) is 29.9 Å². The second kappa shape index (κ2) is 5.47. The van der Waals surface area contributed by atoms with E-state index < -0.39 is 0 Å². The summed E-state index contributed by atoms with van der Waals surface area (Å²) >= 11 is 0. The standard InChI is InChI=1S/C17H19N3/c1-12(18)14-8-9-15-16(11-14)20-17(19-15)10-7-13-5-3-2-4-6-13/h2-6,8-9,11-12H,7,10,18H2,1H3,(H,19,20). The molecular formula is C17H19N3. The summed E-state index contributed by atoms with van der Waals surface area (Å²) in [5, 5.41) is 0. The summed E-state index contributed by atoms with van der Waals surface area (Å²) in [6.45, 7) is 1.99. The third-order valence-corrected chi connectivity index (χ3v) is 3.57. The van der Waals surface area contributed by atoms with Crippen molar-refractivity contribution in [3.8, 4) is 0 Å². The number of rotatable bonds is 4. The molecular weight excluding hydrogens is 246 g/mol. The van der Waals surface area contributed by atoms with Gasteiger partial charge in [0.05, 0.1) is 11.0 Å². The van der Waals surface area contributed by atoms with Gasteiger partial charge in [0.15, 0.2) is 0 Å². The molecule has 0 saturated heterocycles. The third-order valence-electron chi connectivity index (χ3n) is 3.57. The van der Waals surface area contributed by atoms with Gasteiger partial charge in [-0.25, -0.2) is 4.98 Å². The quantitative estimate of drug-likeness (QED) is 0.760. The number of aryl methyl sites for hydroxylation is 2. The molecule has 0 fully saturated rings. The van der Waals surface area contributed by atoms with E-state index in [1.54, 1.807) is 0 Å². The van der Waals surface area contributed by atoms with Crippen molar-refractivity contribution in [2.75, 3.05) is 0 Å². The van der Waals surface area contributed by atoms with E-state index in [2.05, 4.69) is 46.4 Å². The summed E-state index contributed by atoms with van der Waals surface area (Å²) in [7, 11) is 0. The van der Waals surface area contributed by atoms with E-state index >= 15 is 0 Å². The van der Waals surface area contributed by atoms with Crippen LogP contribution in [-0.2, 0) is 12.8 Å². The van der Waals surface area contributed by atoms with Gasteiger partial charge < -0.3 is 10.7 Å². The van der Waals surface area contributed by atoms with Gasteiger partial charge >= 0.3 is 0 Å². The second-order valence-electron chi connectivity index (χ2n) is 5.23. The molecule has 102 valence electrons. The lowest BCUT2D eigenvalue weighted by Gasteiger charge is -2.03. The van der Waals surface area contributed by atoms with Crippen molar-refractivity contribution in [2.45, 2.75) is 25.8 Å². The van der Waals surface area contributed by atoms with Gasteiger partial charge in [-0.1, -0.05) is 36.4 Å². The SMILES string of the molecule is CC(N)c1ccc2nc(CCc3ccccc3)[nH]c2c1. The Morgan fingerprint density at radius 3 is 2.65 bits per heavy atom. The summed E-state index contributed by atoms with van der Waals surface area (Å²) in [4.78, 5) is 8.03. The second-order valence-corrected chi connectivity index (χ2v) is 5.23. The Kier molecular flexibility index (Phi) is 3.52. The van der Waals surface area contributed by atoms with Crippen LogP contribution < -0.4 is 5.73 Å². The van der Waals surface area contributed by atoms with E-state index in [-0.39, 0.29) is 6.04 Å². The normalized spacial score (nSPS) is 12.7. The first kappa shape index (κ1) is 12.9. The summed E-state index contributed by atoms with van der Waals surface area (Å²) in [6.07, 6.45) is 1.92. The number of nitrogens with one attached hydrogen (secondary N) is 1. The molecule has 3 aromatic rings. The minimum Gasteiger partial charge on any atom is -0.342 e. The summed E-state index contributed by atoms with van der Waals surface area (Å²) in [5.41, 5.74) is 10.5. The molecule has 3 rings (SSSR count). The van der Waals surface area contributed by atoms with E-state index in [0.29, 0.717) is 0 Å². The number of fused-ring (bicyclic) bond motifs is 1. The molecule has 3 nitrogen and oxygen atoms in total. The van der Waals surface area contributed by atoms with Gasteiger partial charge in [-0.15, -0.1) is 0 Å². The number of aromatic amines is 1. The summed E-state index contributed by atoms with van der Waals surface area (Å²) in [6, 6.07) is 16.7. The predicted molar refractivity (Wildman–Crippen MR) is 82.5 cm³/mol. The monoisotopic (exact) mass is 265 g/mol. The van der Waals surface area contributed by atoms with Crippen LogP contribution in [-0.4, -0.2) is 9.97 Å². The summed E-state index contributed by atoms with van der Waals surface area (Å²) < 4.78 is 0. The molecule has 1 aromatic heterocycles. The largest absolute Gasteiger partial charge is 0.342 e. The first-order valence-corrected chi connectivity index (χ1v) is 7.00. The van der Waals surface area contributed by atoms with Crippen molar-refractivity contribution in [3.05, 3.63) is 65.5 Å². The average molecular weight is 265 g/mol. The minimum atomic E-state index is 0.0514. The van der Waals surface area contributed by atoms with Crippen LogP contribution in [0, 0.1) is 0 Å². The third kappa shape index (κ3) is 2.73. The van der Waals surface area contributed by atoms with Gasteiger partial charge in [0, 0.05) is 12.5 Å². The number of aromatic nitrogens is 2. The first-order chi connectivity index (χ1) is 9.72. The Hall–Kier alpha value is -2.13. The van der Waals surface area contributed by atoms with Gasteiger partial charge in [-0.05, 0) is 36.6 Å². The fourth-order valence-electron chi connectivity index (χ4n) is 2.39. The molecule has 0 amide bonds. The lowest BCUT2D eigenvalue weighted by Crippen LogP contribution is -2.04. The van der Waals surface area contributed by atoms with Crippen molar-refractivity contribution in [1.29, 1.82) is 0 Å². The van der Waals surface area contributed by atoms with E-state index in [1.165, 1.54) is 5.56 Å². The van der Waals surface area contributed by atoms with E-state index in [1.807, 2.05) is 19.1 Å². The number of benzene rings is 2. The van der Waals surface area contributed by atoms with Crippen LogP contribution in [0.15, 0.2) is 48.5 Å². The van der Waals surface area contributed by atoms with Crippen LogP contribution in [0.25, 0.3) is 11.0 Å². The molecule has 0 saturated carbocycles. The lowest BCUT2D eigenvalue weighted by molar-refractivity contribution is 0.819. The predicted octanol–water partition coefficient (Wildman–Crippen LogP) is 3.37. The Morgan fingerprint density at radius 2 is 1.90 bits per heavy atom. The first-order valence-electron chi connectivity index (χ1n) is 7.00. The smallest absolute Gasteiger partial charge is 0.107 e. The molecule has 1 atom stereocenters. The molecule has 3 heteroatoms. The van der Waals surface area contributed by atoms with E-state index in [9.17, 15) is 0 Å². The number of hydrogen-bond donors (Lipinski definition) is 2. The van der Waals surface area contributed by atoms with Gasteiger partial charge in [-0.3, -0.25) is 0 Å². The van der Waals surface area contributed by atoms with Gasteiger partial charge in [0.2, 0.25) is 0 Å². The van der Waals surface area contributed by atoms with Gasteiger partial charge in [0.1, 0.15) is 5.82 Å². The molecule has 3 N–H and O–H groups in total. The number of nitrogens with zero attached hydrogens (tertiary/aromatic N) is 1. The molecule has 0 aliphatic carbocycles. The highest BCUT2D eigenvalue weighted by molar-refractivity contribution is 5.76. The van der Waals surface area contributed by atoms with Crippen molar-refractivity contribution >= 4 is 11.0 Å². The van der Waals surface area contributed by atoms with Gasteiger partial charge in [0.25, 0.3) is 0 Å². The molecule has 0 aliphatic rings. The maximum atomic E-state index is 5.91. The van der Waals surface area contributed by atoms with Crippen molar-refractivity contribution in [3.63, 3.8) is 0 Å². The zero-order valence-corrected chi connectivity index (χ0v) is 11.6. The summed E-state index contributed by atoms with van der Waals surface area (Å²) in [5.74, 6) is 1.03. The molecule has 1 unspecified atom stereocenters. The van der Waals surface area contributed by atoms with Crippen LogP contribution >= 0.6 is 0 Å². The average Bonchev–Trinajstić information content (AvgIpc) is 2.88. The van der Waals surface area contributed by atoms with Crippen LogP contribution in [0.4, 0.5) is 0 Å². The lowest BCUT2D eigenvalue weighted by atomic mass is 10.1. The molecule has 20 heavy (non-hydrogen) atoms. The highest BCUT2D eigenvalue weighted by atomic mass is 14.9. The highest BCUT2D eigenvalue weighted by Gasteiger charge is 2.06. The molecule has 0 spiro atoms. The van der Waals surface area contributed by atoms with Crippen molar-refractivity contribution < 1.29 is 0 Å². The molecule has 0 bridgehead atoms. The van der Waals surface area contributed by atoms with Gasteiger partial charge in [-0.2, -0.15) is 0 Å². The number of nitrogens with two attached hydrogens (primary N) is 1. The fraction of sp³-hybridized carbons (Fsp3) is 0.235. The Morgan fingerprint density at radius 1 is 1.10 bits per heavy atom. The Labute approximate surface area is 118 Å². The van der Waals surface area contributed by atoms with E-state index in [4.69, 9.17) is 5.73 Å². The zero-order chi connectivity index (χ0) is 13.9. The maximum absolute atomic E-state index is 5.91. The number of H-pyrrole nitrogens is 1. The van der Waals surface area contributed by atoms with Crippen LogP contribution in [0.2, 0.25) is 0 Å². The van der Waals surface area contributed by atoms with Crippen molar-refractivity contribution in [1.82, 2.24) is 9.97 Å². The maximum Gasteiger partial charge on any atom is 0.107 e. The molecule has 1 heterocycles. The Balaban J connectivity index is 1.79.